The Morgan fingerprint density at radius 2 is 2.14 bits per heavy atom. The summed E-state index contributed by atoms with van der Waals surface area (Å²) >= 11 is 1.57. The molecule has 22 heavy (non-hydrogen) atoms. The molecule has 1 aromatic heterocycles. The highest BCUT2D eigenvalue weighted by Crippen LogP contribution is 2.45. The Balaban J connectivity index is 1.71. The first-order valence-corrected chi connectivity index (χ1v) is 8.06. The van der Waals surface area contributed by atoms with Crippen LogP contribution < -0.4 is 5.32 Å². The molecule has 0 radical (unpaired) electrons. The molecule has 2 aromatic rings. The van der Waals surface area contributed by atoms with Crippen molar-refractivity contribution in [3.8, 4) is 16.6 Å². The van der Waals surface area contributed by atoms with Gasteiger partial charge in [-0.05, 0) is 5.56 Å². The summed E-state index contributed by atoms with van der Waals surface area (Å²) < 4.78 is 0. The molecule has 2 aliphatic heterocycles. The molecule has 6 heteroatoms. The molecule has 1 amide bonds. The number of fused-ring (bicyclic) bond motifs is 1. The zero-order valence-corrected chi connectivity index (χ0v) is 12.6. The second-order valence-corrected chi connectivity index (χ2v) is 6.67. The van der Waals surface area contributed by atoms with Crippen molar-refractivity contribution in [3.05, 3.63) is 41.5 Å². The topological polar surface area (TPSA) is 69.0 Å². The summed E-state index contributed by atoms with van der Waals surface area (Å²) in [4.78, 5) is 19.2. The van der Waals surface area contributed by atoms with Crippen molar-refractivity contribution in [1.29, 1.82) is 5.26 Å². The second kappa shape index (κ2) is 5.20. The number of nitrogens with one attached hydrogen (secondary N) is 1. The molecule has 0 spiro atoms. The van der Waals surface area contributed by atoms with Gasteiger partial charge in [-0.2, -0.15) is 5.26 Å². The maximum Gasteiger partial charge on any atom is 0.241 e. The van der Waals surface area contributed by atoms with E-state index in [2.05, 4.69) is 16.5 Å². The van der Waals surface area contributed by atoms with Crippen LogP contribution in [0.1, 0.15) is 11.0 Å². The zero-order valence-electron chi connectivity index (χ0n) is 11.8. The fourth-order valence-electron chi connectivity index (χ4n) is 3.37. The van der Waals surface area contributed by atoms with Gasteiger partial charge in [-0.25, -0.2) is 9.88 Å². The SMILES string of the molecule is N#CN1C(=O)[C@H]2CNC[C@H]2C1c1ncc(-c2ccccc2)s1. The molecule has 1 aromatic carbocycles. The summed E-state index contributed by atoms with van der Waals surface area (Å²) in [6, 6.07) is 9.82. The monoisotopic (exact) mass is 310 g/mol. The predicted molar refractivity (Wildman–Crippen MR) is 82.6 cm³/mol. The van der Waals surface area contributed by atoms with Gasteiger partial charge in [0, 0.05) is 25.2 Å². The van der Waals surface area contributed by atoms with Crippen molar-refractivity contribution in [2.45, 2.75) is 6.04 Å². The van der Waals surface area contributed by atoms with Crippen LogP contribution in [0, 0.1) is 23.3 Å². The number of thiazole rings is 1. The minimum absolute atomic E-state index is 0.0704. The van der Waals surface area contributed by atoms with Crippen molar-refractivity contribution in [2.75, 3.05) is 13.1 Å². The molecule has 3 atom stereocenters. The van der Waals surface area contributed by atoms with Crippen molar-refractivity contribution < 1.29 is 4.79 Å². The number of hydrogen-bond acceptors (Lipinski definition) is 5. The molecule has 3 heterocycles. The minimum atomic E-state index is -0.222. The number of aromatic nitrogens is 1. The van der Waals surface area contributed by atoms with Crippen LogP contribution in [-0.4, -0.2) is 28.9 Å². The highest BCUT2D eigenvalue weighted by molar-refractivity contribution is 7.15. The third-order valence-electron chi connectivity index (χ3n) is 4.44. The first kappa shape index (κ1) is 13.4. The van der Waals surface area contributed by atoms with Gasteiger partial charge in [-0.1, -0.05) is 30.3 Å². The number of carbonyl (C=O) groups is 1. The Bertz CT molecular complexity index is 751. The van der Waals surface area contributed by atoms with Crippen LogP contribution in [-0.2, 0) is 4.79 Å². The number of likely N-dealkylation sites (tertiary alicyclic amines) is 1. The molecule has 0 saturated carbocycles. The van der Waals surface area contributed by atoms with Crippen LogP contribution in [0.2, 0.25) is 0 Å². The van der Waals surface area contributed by atoms with E-state index in [4.69, 9.17) is 0 Å². The molecule has 0 bridgehead atoms. The number of nitriles is 1. The van der Waals surface area contributed by atoms with E-state index in [-0.39, 0.29) is 23.8 Å². The summed E-state index contributed by atoms with van der Waals surface area (Å²) in [5.74, 6) is -0.0189. The van der Waals surface area contributed by atoms with Gasteiger partial charge < -0.3 is 5.32 Å². The molecule has 2 aliphatic rings. The van der Waals surface area contributed by atoms with Gasteiger partial charge in [0.15, 0.2) is 6.19 Å². The third-order valence-corrected chi connectivity index (χ3v) is 5.56. The Morgan fingerprint density at radius 1 is 1.32 bits per heavy atom. The van der Waals surface area contributed by atoms with E-state index in [1.54, 1.807) is 11.3 Å². The Morgan fingerprint density at radius 3 is 2.91 bits per heavy atom. The summed E-state index contributed by atoms with van der Waals surface area (Å²) in [7, 11) is 0. The molecule has 1 N–H and O–H groups in total. The largest absolute Gasteiger partial charge is 0.316 e. The molecule has 110 valence electrons. The molecule has 5 nitrogen and oxygen atoms in total. The molecular weight excluding hydrogens is 296 g/mol. The molecule has 2 fully saturated rings. The maximum absolute atomic E-state index is 12.3. The van der Waals surface area contributed by atoms with Gasteiger partial charge >= 0.3 is 0 Å². The first-order chi connectivity index (χ1) is 10.8. The van der Waals surface area contributed by atoms with Gasteiger partial charge in [-0.3, -0.25) is 4.79 Å². The van der Waals surface area contributed by atoms with Crippen molar-refractivity contribution in [2.24, 2.45) is 11.8 Å². The van der Waals surface area contributed by atoms with E-state index in [1.807, 2.05) is 36.5 Å². The summed E-state index contributed by atoms with van der Waals surface area (Å²) in [5.41, 5.74) is 1.11. The molecular formula is C16H14N4OS. The van der Waals surface area contributed by atoms with Gasteiger partial charge in [0.2, 0.25) is 5.91 Å². The number of nitrogens with zero attached hydrogens (tertiary/aromatic N) is 3. The first-order valence-electron chi connectivity index (χ1n) is 7.24. The third kappa shape index (κ3) is 1.94. The lowest BCUT2D eigenvalue weighted by Crippen LogP contribution is -2.29. The average Bonchev–Trinajstić information content (AvgIpc) is 3.25. The lowest BCUT2D eigenvalue weighted by molar-refractivity contribution is -0.128. The summed E-state index contributed by atoms with van der Waals surface area (Å²) in [6.07, 6.45) is 3.90. The van der Waals surface area contributed by atoms with Gasteiger partial charge in [0.25, 0.3) is 0 Å². The quantitative estimate of drug-likeness (QED) is 0.862. The van der Waals surface area contributed by atoms with Gasteiger partial charge in [-0.15, -0.1) is 11.3 Å². The van der Waals surface area contributed by atoms with E-state index < -0.39 is 0 Å². The van der Waals surface area contributed by atoms with Crippen LogP contribution in [0.5, 0.6) is 0 Å². The van der Waals surface area contributed by atoms with Crippen LogP contribution >= 0.6 is 11.3 Å². The second-order valence-electron chi connectivity index (χ2n) is 5.61. The lowest BCUT2D eigenvalue weighted by Gasteiger charge is -2.18. The normalized spacial score (nSPS) is 27.0. The molecule has 0 aliphatic carbocycles. The molecule has 2 saturated heterocycles. The van der Waals surface area contributed by atoms with Crippen LogP contribution in [0.4, 0.5) is 0 Å². The smallest absolute Gasteiger partial charge is 0.241 e. The summed E-state index contributed by atoms with van der Waals surface area (Å²) in [5, 5.41) is 13.5. The number of hydrogen-bond donors (Lipinski definition) is 1. The Labute approximate surface area is 132 Å². The Hall–Kier alpha value is -2.23. The van der Waals surface area contributed by atoms with E-state index in [1.165, 1.54) is 4.90 Å². The Kier molecular flexibility index (Phi) is 3.17. The fourth-order valence-corrected chi connectivity index (χ4v) is 4.46. The van der Waals surface area contributed by atoms with Gasteiger partial charge in [0.1, 0.15) is 11.0 Å². The fraction of sp³-hybridized carbons (Fsp3) is 0.312. The average molecular weight is 310 g/mol. The zero-order chi connectivity index (χ0) is 15.1. The number of carbonyl (C=O) groups excluding carboxylic acids is 1. The predicted octanol–water partition coefficient (Wildman–Crippen LogP) is 2.01. The highest BCUT2D eigenvalue weighted by atomic mass is 32.1. The van der Waals surface area contributed by atoms with Crippen molar-refractivity contribution in [1.82, 2.24) is 15.2 Å². The summed E-state index contributed by atoms with van der Waals surface area (Å²) in [6.45, 7) is 1.43. The van der Waals surface area contributed by atoms with Gasteiger partial charge in [0.05, 0.1) is 10.8 Å². The minimum Gasteiger partial charge on any atom is -0.316 e. The maximum atomic E-state index is 12.3. The van der Waals surface area contributed by atoms with Crippen LogP contribution in [0.15, 0.2) is 36.5 Å². The van der Waals surface area contributed by atoms with E-state index in [0.717, 1.165) is 22.0 Å². The van der Waals surface area contributed by atoms with E-state index >= 15 is 0 Å². The lowest BCUT2D eigenvalue weighted by atomic mass is 9.94. The number of rotatable bonds is 2. The van der Waals surface area contributed by atoms with Crippen molar-refractivity contribution >= 4 is 17.2 Å². The standard InChI is InChI=1S/C16H14N4OS/c17-9-20-14(11-6-18-7-12(11)16(20)21)15-19-8-13(22-15)10-4-2-1-3-5-10/h1-5,8,11-12,14,18H,6-7H2/t11-,12+,14?/m1/s1. The van der Waals surface area contributed by atoms with Crippen LogP contribution in [0.25, 0.3) is 10.4 Å². The number of amides is 1. The van der Waals surface area contributed by atoms with E-state index in [0.29, 0.717) is 6.54 Å². The van der Waals surface area contributed by atoms with Crippen LogP contribution in [0.3, 0.4) is 0 Å². The highest BCUT2D eigenvalue weighted by Gasteiger charge is 2.52. The van der Waals surface area contributed by atoms with E-state index in [9.17, 15) is 10.1 Å². The van der Waals surface area contributed by atoms with Crippen molar-refractivity contribution in [3.63, 3.8) is 0 Å². The molecule has 1 unspecified atom stereocenters. The molecule has 4 rings (SSSR count). The number of benzene rings is 1.